The lowest BCUT2D eigenvalue weighted by molar-refractivity contribution is 0.0966. The highest BCUT2D eigenvalue weighted by Gasteiger charge is 2.29. The molecule has 2 aromatic carbocycles. The van der Waals surface area contributed by atoms with Gasteiger partial charge in [-0.25, -0.2) is 0 Å². The molecule has 0 spiro atoms. The first-order valence-electron chi connectivity index (χ1n) is 7.60. The van der Waals surface area contributed by atoms with Gasteiger partial charge >= 0.3 is 0 Å². The van der Waals surface area contributed by atoms with Gasteiger partial charge in [0.25, 0.3) is 5.91 Å². The number of fused-ring (bicyclic) bond motifs is 4. The number of rotatable bonds is 1. The number of carbonyl (C=O) groups excluding carboxylic acids is 1. The van der Waals surface area contributed by atoms with Gasteiger partial charge in [-0.3, -0.25) is 4.79 Å². The molecule has 0 unspecified atom stereocenters. The first-order chi connectivity index (χ1) is 11.3. The molecule has 5 nitrogen and oxygen atoms in total. The van der Waals surface area contributed by atoms with Crippen LogP contribution in [0.2, 0.25) is 0 Å². The minimum absolute atomic E-state index is 0.0145. The maximum atomic E-state index is 12.2. The molecule has 3 heterocycles. The number of dihydropyridines is 1. The molecule has 3 aliphatic heterocycles. The van der Waals surface area contributed by atoms with Gasteiger partial charge in [-0.1, -0.05) is 12.1 Å². The van der Waals surface area contributed by atoms with Gasteiger partial charge in [-0.05, 0) is 46.5 Å². The molecule has 0 atom stereocenters. The maximum Gasteiger partial charge on any atom is 0.251 e. The Bertz CT molecular complexity index is 928. The van der Waals surface area contributed by atoms with E-state index in [4.69, 9.17) is 9.47 Å². The Morgan fingerprint density at radius 1 is 1.17 bits per heavy atom. The van der Waals surface area contributed by atoms with Gasteiger partial charge in [0.05, 0.1) is 0 Å². The third-order valence-corrected chi connectivity index (χ3v) is 4.53. The lowest BCUT2D eigenvalue weighted by atomic mass is 9.89. The largest absolute Gasteiger partial charge is 0.454 e. The summed E-state index contributed by atoms with van der Waals surface area (Å²) < 4.78 is 11.3. The molecule has 2 N–H and O–H groups in total. The Morgan fingerprint density at radius 3 is 3.00 bits per heavy atom. The molecule has 0 aromatic heterocycles. The highest BCUT2D eigenvalue weighted by atomic mass is 16.7. The summed E-state index contributed by atoms with van der Waals surface area (Å²) in [6.45, 7) is 1.55. The zero-order valence-corrected chi connectivity index (χ0v) is 12.3. The fourth-order valence-electron chi connectivity index (χ4n) is 3.50. The number of nitrogens with one attached hydrogen (secondary N) is 2. The van der Waals surface area contributed by atoms with Crippen molar-refractivity contribution in [3.63, 3.8) is 0 Å². The van der Waals surface area contributed by atoms with E-state index in [1.54, 1.807) is 0 Å². The maximum absolute atomic E-state index is 12.2. The number of allylic oxidation sites excluding steroid dienone is 2. The fraction of sp³-hybridized carbons (Fsp3) is 0.167. The quantitative estimate of drug-likeness (QED) is 0.849. The first-order valence-corrected chi connectivity index (χ1v) is 7.60. The van der Waals surface area contributed by atoms with Crippen LogP contribution in [-0.2, 0) is 6.54 Å². The van der Waals surface area contributed by atoms with Crippen LogP contribution in [0.15, 0.2) is 36.6 Å². The molecular weight excluding hydrogens is 292 g/mol. The van der Waals surface area contributed by atoms with Gasteiger partial charge in [0, 0.05) is 24.0 Å². The summed E-state index contributed by atoms with van der Waals surface area (Å²) in [4.78, 5) is 12.2. The van der Waals surface area contributed by atoms with Crippen LogP contribution >= 0.6 is 0 Å². The van der Waals surface area contributed by atoms with Crippen molar-refractivity contribution in [1.82, 2.24) is 10.6 Å². The Kier molecular flexibility index (Phi) is 2.47. The number of carbonyl (C=O) groups is 1. The van der Waals surface area contributed by atoms with Crippen LogP contribution in [0.4, 0.5) is 0 Å². The van der Waals surface area contributed by atoms with Gasteiger partial charge in [0.15, 0.2) is 11.5 Å². The molecule has 3 aliphatic rings. The Balaban J connectivity index is 1.92. The van der Waals surface area contributed by atoms with Crippen LogP contribution in [0.25, 0.3) is 16.3 Å². The lowest BCUT2D eigenvalue weighted by Gasteiger charge is -2.17. The highest BCUT2D eigenvalue weighted by molar-refractivity contribution is 6.10. The van der Waals surface area contributed by atoms with Gasteiger partial charge in [0.2, 0.25) is 6.79 Å². The van der Waals surface area contributed by atoms with Gasteiger partial charge in [-0.2, -0.15) is 0 Å². The summed E-state index contributed by atoms with van der Waals surface area (Å²) in [6.07, 6.45) is 6.11. The summed E-state index contributed by atoms with van der Waals surface area (Å²) in [5.41, 5.74) is 3.95. The smallest absolute Gasteiger partial charge is 0.251 e. The second kappa shape index (κ2) is 4.52. The molecule has 0 aliphatic carbocycles. The van der Waals surface area contributed by atoms with Crippen molar-refractivity contribution in [2.24, 2.45) is 0 Å². The fourth-order valence-corrected chi connectivity index (χ4v) is 3.50. The van der Waals surface area contributed by atoms with E-state index in [-0.39, 0.29) is 12.7 Å². The molecule has 2 aromatic rings. The van der Waals surface area contributed by atoms with Crippen LogP contribution in [0.1, 0.15) is 21.5 Å². The van der Waals surface area contributed by atoms with E-state index in [1.807, 2.05) is 30.5 Å². The average molecular weight is 306 g/mol. The lowest BCUT2D eigenvalue weighted by Crippen LogP contribution is -2.12. The Labute approximate surface area is 132 Å². The molecule has 1 amide bonds. The SMILES string of the molecule is O=C1NCc2c1cc1ccc3c(c1c2C1=CCNC=C1)OCO3. The van der Waals surface area contributed by atoms with Crippen molar-refractivity contribution in [1.29, 1.82) is 0 Å². The van der Waals surface area contributed by atoms with E-state index in [1.165, 1.54) is 0 Å². The minimum atomic E-state index is -0.0145. The van der Waals surface area contributed by atoms with Crippen LogP contribution in [0.3, 0.4) is 0 Å². The standard InChI is InChI=1S/C18H14N2O3/c21-18-12-7-11-1-2-14-17(23-9-22-14)16(11)15(13(12)8-20-18)10-3-5-19-6-4-10/h1-5,7,19H,6,8-9H2,(H,20,21). The Morgan fingerprint density at radius 2 is 2.13 bits per heavy atom. The predicted molar refractivity (Wildman–Crippen MR) is 86.4 cm³/mol. The monoisotopic (exact) mass is 306 g/mol. The Hall–Kier alpha value is -2.95. The first kappa shape index (κ1) is 12.6. The van der Waals surface area contributed by atoms with E-state index in [0.717, 1.165) is 51.1 Å². The molecule has 0 saturated carbocycles. The third-order valence-electron chi connectivity index (χ3n) is 4.53. The molecule has 114 valence electrons. The molecule has 0 saturated heterocycles. The van der Waals surface area contributed by atoms with E-state index in [2.05, 4.69) is 16.7 Å². The van der Waals surface area contributed by atoms with Crippen molar-refractivity contribution in [2.45, 2.75) is 6.54 Å². The van der Waals surface area contributed by atoms with E-state index >= 15 is 0 Å². The van der Waals surface area contributed by atoms with E-state index < -0.39 is 0 Å². The van der Waals surface area contributed by atoms with Crippen molar-refractivity contribution in [2.75, 3.05) is 13.3 Å². The molecule has 5 heteroatoms. The van der Waals surface area contributed by atoms with E-state index in [9.17, 15) is 4.79 Å². The number of benzene rings is 2. The zero-order chi connectivity index (χ0) is 15.4. The molecule has 0 bridgehead atoms. The zero-order valence-electron chi connectivity index (χ0n) is 12.3. The number of ether oxygens (including phenoxy) is 2. The topological polar surface area (TPSA) is 59.6 Å². The van der Waals surface area contributed by atoms with Crippen LogP contribution < -0.4 is 20.1 Å². The predicted octanol–water partition coefficient (Wildman–Crippen LogP) is 2.31. The highest BCUT2D eigenvalue weighted by Crippen LogP contribution is 2.45. The number of amides is 1. The minimum Gasteiger partial charge on any atom is -0.454 e. The van der Waals surface area contributed by atoms with Crippen molar-refractivity contribution >= 4 is 22.3 Å². The summed E-state index contributed by atoms with van der Waals surface area (Å²) in [6, 6.07) is 5.84. The molecular formula is C18H14N2O3. The van der Waals surface area contributed by atoms with Crippen molar-refractivity contribution < 1.29 is 14.3 Å². The summed E-state index contributed by atoms with van der Waals surface area (Å²) in [7, 11) is 0. The van der Waals surface area contributed by atoms with Crippen LogP contribution in [0, 0.1) is 0 Å². The second-order valence-corrected chi connectivity index (χ2v) is 5.76. The van der Waals surface area contributed by atoms with Gasteiger partial charge in [0.1, 0.15) is 0 Å². The molecule has 0 fully saturated rings. The molecule has 5 rings (SSSR count). The van der Waals surface area contributed by atoms with Gasteiger partial charge in [-0.15, -0.1) is 0 Å². The molecule has 23 heavy (non-hydrogen) atoms. The summed E-state index contributed by atoms with van der Waals surface area (Å²) >= 11 is 0. The summed E-state index contributed by atoms with van der Waals surface area (Å²) in [5, 5.41) is 8.11. The van der Waals surface area contributed by atoms with Crippen LogP contribution in [-0.4, -0.2) is 19.2 Å². The van der Waals surface area contributed by atoms with Crippen LogP contribution in [0.5, 0.6) is 11.5 Å². The molecule has 0 radical (unpaired) electrons. The van der Waals surface area contributed by atoms with Crippen molar-refractivity contribution in [3.05, 3.63) is 53.2 Å². The summed E-state index contributed by atoms with van der Waals surface area (Å²) in [5.74, 6) is 1.52. The second-order valence-electron chi connectivity index (χ2n) is 5.76. The third kappa shape index (κ3) is 1.70. The normalized spacial score (nSPS) is 17.7. The average Bonchev–Trinajstić information content (AvgIpc) is 3.21. The van der Waals surface area contributed by atoms with Crippen molar-refractivity contribution in [3.8, 4) is 11.5 Å². The van der Waals surface area contributed by atoms with Gasteiger partial charge < -0.3 is 20.1 Å². The number of hydrogen-bond acceptors (Lipinski definition) is 4. The number of hydrogen-bond donors (Lipinski definition) is 2. The van der Waals surface area contributed by atoms with E-state index in [0.29, 0.717) is 6.54 Å².